The number of hydrogen-bond donors (Lipinski definition) is 0. The number of methoxy groups -OCH3 is 1. The van der Waals surface area contributed by atoms with Crippen molar-refractivity contribution in [2.45, 2.75) is 0 Å². The van der Waals surface area contributed by atoms with Gasteiger partial charge in [-0.3, -0.25) is 4.79 Å². The molecule has 0 atom stereocenters. The summed E-state index contributed by atoms with van der Waals surface area (Å²) in [6.07, 6.45) is 0. The zero-order valence-electron chi connectivity index (χ0n) is 9.96. The van der Waals surface area contributed by atoms with E-state index in [-0.39, 0.29) is 5.91 Å². The molecule has 1 aromatic rings. The highest BCUT2D eigenvalue weighted by Gasteiger charge is 2.16. The maximum Gasteiger partial charge on any atom is 0.254 e. The van der Waals surface area contributed by atoms with Crippen LogP contribution in [0, 0.1) is 5.82 Å². The monoisotopic (exact) mass is 337 g/mol. The van der Waals surface area contributed by atoms with Crippen molar-refractivity contribution in [2.24, 2.45) is 0 Å². The largest absolute Gasteiger partial charge is 0.383 e. The smallest absolute Gasteiger partial charge is 0.254 e. The second-order valence-electron chi connectivity index (χ2n) is 3.60. The van der Waals surface area contributed by atoms with Crippen molar-refractivity contribution in [2.75, 3.05) is 32.7 Å². The van der Waals surface area contributed by atoms with Gasteiger partial charge in [0.25, 0.3) is 5.91 Å². The Morgan fingerprint density at radius 3 is 2.78 bits per heavy atom. The third kappa shape index (κ3) is 4.23. The Balaban J connectivity index is 2.83. The third-order valence-corrected chi connectivity index (χ3v) is 3.19. The second kappa shape index (κ2) is 7.71. The number of ether oxygens (including phenoxy) is 1. The highest BCUT2D eigenvalue weighted by Crippen LogP contribution is 2.17. The summed E-state index contributed by atoms with van der Waals surface area (Å²) in [6, 6.07) is 4.29. The van der Waals surface area contributed by atoms with Crippen LogP contribution in [0.25, 0.3) is 0 Å². The lowest BCUT2D eigenvalue weighted by atomic mass is 10.2. The molecule has 0 N–H and O–H groups in total. The number of amides is 1. The minimum atomic E-state index is -0.460. The molecule has 6 heteroatoms. The lowest BCUT2D eigenvalue weighted by Crippen LogP contribution is -2.35. The molecule has 0 spiro atoms. The van der Waals surface area contributed by atoms with Crippen molar-refractivity contribution in [3.8, 4) is 0 Å². The van der Waals surface area contributed by atoms with E-state index in [2.05, 4.69) is 15.9 Å². The average Bonchev–Trinajstić information content (AvgIpc) is 2.37. The Morgan fingerprint density at radius 1 is 1.50 bits per heavy atom. The Morgan fingerprint density at radius 2 is 2.22 bits per heavy atom. The standard InChI is InChI=1S/C12H14BrClFNO2/c1-18-7-6-16(5-4-14)12(17)9-2-3-10(13)11(15)8-9/h2-3,8H,4-7H2,1H3. The van der Waals surface area contributed by atoms with Gasteiger partial charge in [-0.05, 0) is 34.1 Å². The molecule has 0 aliphatic carbocycles. The zero-order valence-corrected chi connectivity index (χ0v) is 12.3. The molecule has 0 heterocycles. The van der Waals surface area contributed by atoms with Crippen molar-refractivity contribution in [3.05, 3.63) is 34.1 Å². The maximum absolute atomic E-state index is 13.4. The van der Waals surface area contributed by atoms with Gasteiger partial charge in [-0.15, -0.1) is 11.6 Å². The van der Waals surface area contributed by atoms with Crippen molar-refractivity contribution in [1.82, 2.24) is 4.90 Å². The number of hydrogen-bond acceptors (Lipinski definition) is 2. The first-order chi connectivity index (χ1) is 8.60. The molecule has 0 radical (unpaired) electrons. The minimum Gasteiger partial charge on any atom is -0.383 e. The molecule has 100 valence electrons. The number of benzene rings is 1. The molecule has 0 saturated heterocycles. The van der Waals surface area contributed by atoms with Crippen LogP contribution in [-0.4, -0.2) is 43.5 Å². The van der Waals surface area contributed by atoms with Crippen LogP contribution in [0.1, 0.15) is 10.4 Å². The molecule has 0 fully saturated rings. The van der Waals surface area contributed by atoms with Gasteiger partial charge in [0.1, 0.15) is 5.82 Å². The molecular formula is C12H14BrClFNO2. The van der Waals surface area contributed by atoms with Crippen molar-refractivity contribution in [3.63, 3.8) is 0 Å². The first kappa shape index (κ1) is 15.4. The zero-order chi connectivity index (χ0) is 13.5. The van der Waals surface area contributed by atoms with Crippen molar-refractivity contribution >= 4 is 33.4 Å². The SMILES string of the molecule is COCCN(CCCl)C(=O)c1ccc(Br)c(F)c1. The van der Waals surface area contributed by atoms with E-state index in [1.165, 1.54) is 12.1 Å². The van der Waals surface area contributed by atoms with E-state index in [1.54, 1.807) is 18.1 Å². The average molecular weight is 339 g/mol. The highest BCUT2D eigenvalue weighted by atomic mass is 79.9. The van der Waals surface area contributed by atoms with Crippen LogP contribution in [0.15, 0.2) is 22.7 Å². The van der Waals surface area contributed by atoms with Gasteiger partial charge in [-0.2, -0.15) is 0 Å². The van der Waals surface area contributed by atoms with Crippen LogP contribution in [-0.2, 0) is 4.74 Å². The van der Waals surface area contributed by atoms with Crippen molar-refractivity contribution in [1.29, 1.82) is 0 Å². The normalized spacial score (nSPS) is 10.4. The van der Waals surface area contributed by atoms with Gasteiger partial charge >= 0.3 is 0 Å². The quantitative estimate of drug-likeness (QED) is 0.747. The van der Waals surface area contributed by atoms with E-state index < -0.39 is 5.82 Å². The third-order valence-electron chi connectivity index (χ3n) is 2.37. The summed E-state index contributed by atoms with van der Waals surface area (Å²) in [5.74, 6) is -0.383. The van der Waals surface area contributed by atoms with Crippen LogP contribution in [0.4, 0.5) is 4.39 Å². The number of rotatable bonds is 6. The summed E-state index contributed by atoms with van der Waals surface area (Å²) in [5, 5.41) is 0. The molecule has 0 aromatic heterocycles. The van der Waals surface area contributed by atoms with Gasteiger partial charge in [0.2, 0.25) is 0 Å². The second-order valence-corrected chi connectivity index (χ2v) is 4.84. The van der Waals surface area contributed by atoms with Crippen LogP contribution in [0.3, 0.4) is 0 Å². The van der Waals surface area contributed by atoms with Gasteiger partial charge in [0.15, 0.2) is 0 Å². The topological polar surface area (TPSA) is 29.5 Å². The van der Waals surface area contributed by atoms with E-state index in [0.717, 1.165) is 0 Å². The van der Waals surface area contributed by atoms with Gasteiger partial charge in [0, 0.05) is 31.6 Å². The minimum absolute atomic E-state index is 0.251. The molecule has 1 aromatic carbocycles. The van der Waals surface area contributed by atoms with Gasteiger partial charge < -0.3 is 9.64 Å². The van der Waals surface area contributed by atoms with E-state index >= 15 is 0 Å². The number of carbonyl (C=O) groups excluding carboxylic acids is 1. The van der Waals surface area contributed by atoms with Gasteiger partial charge in [-0.1, -0.05) is 0 Å². The number of carbonyl (C=O) groups is 1. The molecule has 3 nitrogen and oxygen atoms in total. The summed E-state index contributed by atoms with van der Waals surface area (Å²) in [5.41, 5.74) is 0.303. The fraction of sp³-hybridized carbons (Fsp3) is 0.417. The first-order valence-corrected chi connectivity index (χ1v) is 6.72. The Kier molecular flexibility index (Phi) is 6.60. The summed E-state index contributed by atoms with van der Waals surface area (Å²) in [6.45, 7) is 1.25. The maximum atomic E-state index is 13.4. The van der Waals surface area contributed by atoms with E-state index in [0.29, 0.717) is 35.6 Å². The molecular weight excluding hydrogens is 324 g/mol. The lowest BCUT2D eigenvalue weighted by Gasteiger charge is -2.21. The summed E-state index contributed by atoms with van der Waals surface area (Å²) in [7, 11) is 1.56. The molecule has 0 aliphatic rings. The number of halogens is 3. The van der Waals surface area contributed by atoms with Crippen LogP contribution in [0.2, 0.25) is 0 Å². The van der Waals surface area contributed by atoms with E-state index in [9.17, 15) is 9.18 Å². The highest BCUT2D eigenvalue weighted by molar-refractivity contribution is 9.10. The fourth-order valence-electron chi connectivity index (χ4n) is 1.43. The predicted molar refractivity (Wildman–Crippen MR) is 72.6 cm³/mol. The molecule has 0 aliphatic heterocycles. The Labute approximate surface area is 119 Å². The fourth-order valence-corrected chi connectivity index (χ4v) is 1.88. The molecule has 0 saturated carbocycles. The Bertz CT molecular complexity index is 417. The van der Waals surface area contributed by atoms with Gasteiger partial charge in [0.05, 0.1) is 11.1 Å². The molecule has 1 rings (SSSR count). The van der Waals surface area contributed by atoms with Crippen molar-refractivity contribution < 1.29 is 13.9 Å². The summed E-state index contributed by atoms with van der Waals surface area (Å²) < 4.78 is 18.6. The molecule has 18 heavy (non-hydrogen) atoms. The number of alkyl halides is 1. The van der Waals surface area contributed by atoms with Crippen LogP contribution >= 0.6 is 27.5 Å². The first-order valence-electron chi connectivity index (χ1n) is 5.39. The Hall–Kier alpha value is -0.650. The van der Waals surface area contributed by atoms with Crippen LogP contribution in [0.5, 0.6) is 0 Å². The van der Waals surface area contributed by atoms with E-state index in [4.69, 9.17) is 16.3 Å². The lowest BCUT2D eigenvalue weighted by molar-refractivity contribution is 0.0707. The molecule has 0 bridgehead atoms. The van der Waals surface area contributed by atoms with Gasteiger partial charge in [-0.25, -0.2) is 4.39 Å². The van der Waals surface area contributed by atoms with Crippen LogP contribution < -0.4 is 0 Å². The molecule has 0 unspecified atom stereocenters. The predicted octanol–water partition coefficient (Wildman–Crippen LogP) is 2.92. The van der Waals surface area contributed by atoms with E-state index in [1.807, 2.05) is 0 Å². The summed E-state index contributed by atoms with van der Waals surface area (Å²) in [4.78, 5) is 13.7. The summed E-state index contributed by atoms with van der Waals surface area (Å²) >= 11 is 8.69. The number of nitrogens with zero attached hydrogens (tertiary/aromatic N) is 1. The molecule has 1 amide bonds.